The number of fused-ring (bicyclic) bond motifs is 1. The molecule has 1 aliphatic rings. The Kier molecular flexibility index (Phi) is 2.78. The summed E-state index contributed by atoms with van der Waals surface area (Å²) in [7, 11) is 3.80. The van der Waals surface area contributed by atoms with Crippen molar-refractivity contribution in [2.24, 2.45) is 14.1 Å². The SMILES string of the molecule is Cn1cncc1C1CCN(c2nc3c(cnn3C)c(=O)[nH]2)C1. The molecule has 0 bridgehead atoms. The quantitative estimate of drug-likeness (QED) is 0.739. The van der Waals surface area contributed by atoms with Crippen LogP contribution in [-0.4, -0.2) is 42.4 Å². The molecule has 1 saturated heterocycles. The van der Waals surface area contributed by atoms with Gasteiger partial charge in [-0.25, -0.2) is 4.98 Å². The van der Waals surface area contributed by atoms with Gasteiger partial charge in [0.2, 0.25) is 5.95 Å². The molecule has 8 nitrogen and oxygen atoms in total. The van der Waals surface area contributed by atoms with Crippen LogP contribution in [0.2, 0.25) is 0 Å². The van der Waals surface area contributed by atoms with Crippen molar-refractivity contribution in [1.82, 2.24) is 29.3 Å². The molecule has 114 valence electrons. The molecule has 1 N–H and O–H groups in total. The largest absolute Gasteiger partial charge is 0.342 e. The van der Waals surface area contributed by atoms with E-state index in [0.717, 1.165) is 19.5 Å². The predicted octanol–water partition coefficient (Wildman–Crippen LogP) is 0.384. The number of nitrogens with zero attached hydrogens (tertiary/aromatic N) is 6. The number of hydrogen-bond donors (Lipinski definition) is 1. The van der Waals surface area contributed by atoms with Crippen molar-refractivity contribution in [3.05, 3.63) is 34.8 Å². The molecule has 0 spiro atoms. The second-order valence-corrected chi connectivity index (χ2v) is 5.76. The zero-order chi connectivity index (χ0) is 15.3. The average molecular weight is 299 g/mol. The van der Waals surface area contributed by atoms with Gasteiger partial charge in [0.1, 0.15) is 5.39 Å². The lowest BCUT2D eigenvalue weighted by Crippen LogP contribution is -2.25. The smallest absolute Gasteiger partial charge is 0.263 e. The van der Waals surface area contributed by atoms with Gasteiger partial charge in [-0.1, -0.05) is 0 Å². The fourth-order valence-electron chi connectivity index (χ4n) is 3.13. The molecule has 0 amide bonds. The molecule has 1 atom stereocenters. The number of imidazole rings is 1. The molecule has 1 unspecified atom stereocenters. The number of anilines is 1. The highest BCUT2D eigenvalue weighted by atomic mass is 16.1. The Labute approximate surface area is 126 Å². The summed E-state index contributed by atoms with van der Waals surface area (Å²) < 4.78 is 3.68. The molecule has 0 radical (unpaired) electrons. The van der Waals surface area contributed by atoms with E-state index in [0.29, 0.717) is 22.9 Å². The summed E-state index contributed by atoms with van der Waals surface area (Å²) in [6.07, 6.45) is 6.30. The molecule has 4 rings (SSSR count). The number of aryl methyl sites for hydroxylation is 2. The van der Waals surface area contributed by atoms with Crippen LogP contribution in [0, 0.1) is 0 Å². The van der Waals surface area contributed by atoms with Crippen LogP contribution < -0.4 is 10.5 Å². The van der Waals surface area contributed by atoms with Crippen molar-refractivity contribution in [1.29, 1.82) is 0 Å². The van der Waals surface area contributed by atoms with Gasteiger partial charge >= 0.3 is 0 Å². The van der Waals surface area contributed by atoms with Crippen LogP contribution in [0.15, 0.2) is 23.5 Å². The lowest BCUT2D eigenvalue weighted by Gasteiger charge is -2.17. The second-order valence-electron chi connectivity index (χ2n) is 5.76. The van der Waals surface area contributed by atoms with E-state index in [-0.39, 0.29) is 5.56 Å². The number of hydrogen-bond acceptors (Lipinski definition) is 5. The highest BCUT2D eigenvalue weighted by Crippen LogP contribution is 2.28. The van der Waals surface area contributed by atoms with Crippen LogP contribution in [0.5, 0.6) is 0 Å². The summed E-state index contributed by atoms with van der Waals surface area (Å²) in [5, 5.41) is 4.62. The normalized spacial score (nSPS) is 18.5. The highest BCUT2D eigenvalue weighted by Gasteiger charge is 2.27. The third-order valence-electron chi connectivity index (χ3n) is 4.35. The van der Waals surface area contributed by atoms with E-state index in [1.807, 2.05) is 19.6 Å². The minimum Gasteiger partial charge on any atom is -0.342 e. The van der Waals surface area contributed by atoms with Crippen LogP contribution in [0.4, 0.5) is 5.95 Å². The molecule has 0 saturated carbocycles. The van der Waals surface area contributed by atoms with Gasteiger partial charge in [0.05, 0.1) is 12.5 Å². The summed E-state index contributed by atoms with van der Waals surface area (Å²) in [5.74, 6) is 1.02. The van der Waals surface area contributed by atoms with Gasteiger partial charge in [-0.2, -0.15) is 10.1 Å². The van der Waals surface area contributed by atoms with E-state index in [9.17, 15) is 4.79 Å². The maximum atomic E-state index is 12.1. The Balaban J connectivity index is 1.67. The molecular formula is C14H17N7O. The van der Waals surface area contributed by atoms with E-state index in [1.165, 1.54) is 5.69 Å². The van der Waals surface area contributed by atoms with Crippen LogP contribution >= 0.6 is 0 Å². The van der Waals surface area contributed by atoms with Crippen molar-refractivity contribution < 1.29 is 0 Å². The number of nitrogens with one attached hydrogen (secondary N) is 1. The minimum absolute atomic E-state index is 0.142. The highest BCUT2D eigenvalue weighted by molar-refractivity contribution is 5.74. The van der Waals surface area contributed by atoms with Gasteiger partial charge in [-0.05, 0) is 6.42 Å². The minimum atomic E-state index is -0.142. The van der Waals surface area contributed by atoms with Crippen LogP contribution in [0.1, 0.15) is 18.0 Å². The van der Waals surface area contributed by atoms with Gasteiger partial charge in [-0.15, -0.1) is 0 Å². The van der Waals surface area contributed by atoms with Crippen molar-refractivity contribution in [3.63, 3.8) is 0 Å². The first-order valence-corrected chi connectivity index (χ1v) is 7.26. The Morgan fingerprint density at radius 2 is 2.18 bits per heavy atom. The molecule has 0 aliphatic carbocycles. The van der Waals surface area contributed by atoms with Gasteiger partial charge in [0, 0.05) is 45.0 Å². The third kappa shape index (κ3) is 1.91. The van der Waals surface area contributed by atoms with Crippen molar-refractivity contribution >= 4 is 17.0 Å². The van der Waals surface area contributed by atoms with Crippen LogP contribution in [0.25, 0.3) is 11.0 Å². The fraction of sp³-hybridized carbons (Fsp3) is 0.429. The van der Waals surface area contributed by atoms with Crippen LogP contribution in [0.3, 0.4) is 0 Å². The van der Waals surface area contributed by atoms with Gasteiger partial charge in [-0.3, -0.25) is 14.5 Å². The van der Waals surface area contributed by atoms with Gasteiger partial charge in [0.15, 0.2) is 5.65 Å². The van der Waals surface area contributed by atoms with E-state index >= 15 is 0 Å². The second kappa shape index (κ2) is 4.69. The maximum Gasteiger partial charge on any atom is 0.263 e. The third-order valence-corrected chi connectivity index (χ3v) is 4.35. The topological polar surface area (TPSA) is 84.6 Å². The molecule has 4 heterocycles. The van der Waals surface area contributed by atoms with E-state index < -0.39 is 0 Å². The number of H-pyrrole nitrogens is 1. The zero-order valence-electron chi connectivity index (χ0n) is 12.5. The summed E-state index contributed by atoms with van der Waals surface area (Å²) in [4.78, 5) is 25.9. The fourth-order valence-corrected chi connectivity index (χ4v) is 3.13. The first-order valence-electron chi connectivity index (χ1n) is 7.26. The van der Waals surface area contributed by atoms with Crippen molar-refractivity contribution in [2.75, 3.05) is 18.0 Å². The predicted molar refractivity (Wildman–Crippen MR) is 81.9 cm³/mol. The van der Waals surface area contributed by atoms with Crippen molar-refractivity contribution in [3.8, 4) is 0 Å². The zero-order valence-corrected chi connectivity index (χ0v) is 12.5. The summed E-state index contributed by atoms with van der Waals surface area (Å²) in [6, 6.07) is 0. The van der Waals surface area contributed by atoms with E-state index in [4.69, 9.17) is 0 Å². The standard InChI is InChI=1S/C14H17N7O/c1-19-8-15-6-11(19)9-3-4-21(7-9)14-17-12-10(13(22)18-14)5-16-20(12)2/h5-6,8-9H,3-4,7H2,1-2H3,(H,17,18,22). The molecule has 1 fully saturated rings. The molecule has 3 aromatic heterocycles. The molecular weight excluding hydrogens is 282 g/mol. The van der Waals surface area contributed by atoms with Gasteiger partial charge in [0.25, 0.3) is 5.56 Å². The summed E-state index contributed by atoms with van der Waals surface area (Å²) >= 11 is 0. The first kappa shape index (κ1) is 13.1. The monoisotopic (exact) mass is 299 g/mol. The number of aromatic amines is 1. The Bertz CT molecular complexity index is 890. The average Bonchev–Trinajstić information content (AvgIpc) is 3.19. The lowest BCUT2D eigenvalue weighted by molar-refractivity contribution is 0.690. The first-order chi connectivity index (χ1) is 10.6. The molecule has 1 aliphatic heterocycles. The molecule has 22 heavy (non-hydrogen) atoms. The van der Waals surface area contributed by atoms with Gasteiger partial charge < -0.3 is 9.47 Å². The Morgan fingerprint density at radius 1 is 1.32 bits per heavy atom. The molecule has 3 aromatic rings. The van der Waals surface area contributed by atoms with E-state index in [1.54, 1.807) is 17.9 Å². The lowest BCUT2D eigenvalue weighted by atomic mass is 10.1. The summed E-state index contributed by atoms with van der Waals surface area (Å²) in [6.45, 7) is 1.69. The molecule has 0 aromatic carbocycles. The summed E-state index contributed by atoms with van der Waals surface area (Å²) in [5.41, 5.74) is 1.69. The van der Waals surface area contributed by atoms with Crippen molar-refractivity contribution in [2.45, 2.75) is 12.3 Å². The maximum absolute atomic E-state index is 12.1. The Morgan fingerprint density at radius 3 is 2.95 bits per heavy atom. The molecule has 8 heteroatoms. The van der Waals surface area contributed by atoms with Crippen LogP contribution in [-0.2, 0) is 14.1 Å². The number of rotatable bonds is 2. The van der Waals surface area contributed by atoms with E-state index in [2.05, 4.69) is 29.5 Å². The Hall–Kier alpha value is -2.64. The number of aromatic nitrogens is 6.